The minimum atomic E-state index is -0.631. The van der Waals surface area contributed by atoms with Crippen molar-refractivity contribution < 1.29 is 28.7 Å². The molecule has 0 saturated carbocycles. The Balaban J connectivity index is 1.76. The third-order valence-electron chi connectivity index (χ3n) is 4.45. The maximum absolute atomic E-state index is 12.2. The van der Waals surface area contributed by atoms with Crippen LogP contribution in [0.4, 0.5) is 4.79 Å². The van der Waals surface area contributed by atoms with E-state index >= 15 is 0 Å². The summed E-state index contributed by atoms with van der Waals surface area (Å²) in [7, 11) is 0. The highest BCUT2D eigenvalue weighted by atomic mass is 16.5. The Morgan fingerprint density at radius 3 is 2.32 bits per heavy atom. The molecule has 0 aromatic heterocycles. The van der Waals surface area contributed by atoms with Crippen LogP contribution >= 0.6 is 0 Å². The van der Waals surface area contributed by atoms with Crippen LogP contribution in [0.15, 0.2) is 24.3 Å². The van der Waals surface area contributed by atoms with Gasteiger partial charge < -0.3 is 25.4 Å². The van der Waals surface area contributed by atoms with Gasteiger partial charge in [-0.15, -0.1) is 0 Å². The fourth-order valence-electron chi connectivity index (χ4n) is 2.87. The lowest BCUT2D eigenvalue weighted by Gasteiger charge is -2.30. The molecular weight excluding hydrogens is 366 g/mol. The number of nitrogens with two attached hydrogens (primary N) is 1. The van der Waals surface area contributed by atoms with Crippen LogP contribution in [-0.4, -0.2) is 55.1 Å². The van der Waals surface area contributed by atoms with Crippen LogP contribution in [0.5, 0.6) is 0 Å². The molecule has 1 saturated heterocycles. The Morgan fingerprint density at radius 2 is 1.75 bits per heavy atom. The van der Waals surface area contributed by atoms with Gasteiger partial charge in [0.15, 0.2) is 6.61 Å². The molecule has 1 aromatic carbocycles. The van der Waals surface area contributed by atoms with Crippen LogP contribution in [-0.2, 0) is 25.6 Å². The van der Waals surface area contributed by atoms with Crippen molar-refractivity contribution in [3.63, 3.8) is 0 Å². The summed E-state index contributed by atoms with van der Waals surface area (Å²) in [6.45, 7) is 2.87. The van der Waals surface area contributed by atoms with Gasteiger partial charge in [-0.2, -0.15) is 0 Å². The average molecular weight is 391 g/mol. The molecule has 0 bridgehead atoms. The standard InChI is InChI=1S/C19H25N3O6/c1-2-27-17(24)15-7-9-22(10-8-15)16(23)12-28-18(25)14-5-3-13(4-6-14)11-21-19(20)26/h3-6,15H,2,7-12H2,1H3,(H3,20,21,26). The quantitative estimate of drug-likeness (QED) is 0.662. The number of esters is 2. The first kappa shape index (κ1) is 21.2. The second-order valence-corrected chi connectivity index (χ2v) is 6.40. The second kappa shape index (κ2) is 10.3. The van der Waals surface area contributed by atoms with E-state index < -0.39 is 12.0 Å². The molecule has 1 fully saturated rings. The smallest absolute Gasteiger partial charge is 0.338 e. The zero-order chi connectivity index (χ0) is 20.5. The zero-order valence-corrected chi connectivity index (χ0v) is 15.8. The number of hydrogen-bond acceptors (Lipinski definition) is 6. The van der Waals surface area contributed by atoms with Gasteiger partial charge in [-0.3, -0.25) is 9.59 Å². The van der Waals surface area contributed by atoms with Crippen molar-refractivity contribution in [2.75, 3.05) is 26.3 Å². The van der Waals surface area contributed by atoms with E-state index in [0.29, 0.717) is 38.1 Å². The van der Waals surface area contributed by atoms with E-state index in [-0.39, 0.29) is 30.9 Å². The van der Waals surface area contributed by atoms with Crippen molar-refractivity contribution in [2.24, 2.45) is 11.7 Å². The molecule has 1 aromatic rings. The van der Waals surface area contributed by atoms with Gasteiger partial charge in [0.1, 0.15) is 0 Å². The highest BCUT2D eigenvalue weighted by molar-refractivity contribution is 5.91. The Morgan fingerprint density at radius 1 is 1.11 bits per heavy atom. The van der Waals surface area contributed by atoms with E-state index in [2.05, 4.69) is 5.32 Å². The number of carbonyl (C=O) groups excluding carboxylic acids is 4. The lowest BCUT2D eigenvalue weighted by atomic mass is 9.97. The topological polar surface area (TPSA) is 128 Å². The first-order valence-electron chi connectivity index (χ1n) is 9.14. The highest BCUT2D eigenvalue weighted by Crippen LogP contribution is 2.19. The molecule has 0 atom stereocenters. The van der Waals surface area contributed by atoms with E-state index in [1.165, 1.54) is 0 Å². The van der Waals surface area contributed by atoms with Crippen molar-refractivity contribution in [3.05, 3.63) is 35.4 Å². The molecule has 9 nitrogen and oxygen atoms in total. The van der Waals surface area contributed by atoms with Gasteiger partial charge in [0.2, 0.25) is 0 Å². The molecule has 1 heterocycles. The third kappa shape index (κ3) is 6.26. The monoisotopic (exact) mass is 391 g/mol. The number of rotatable bonds is 7. The number of benzene rings is 1. The van der Waals surface area contributed by atoms with Crippen molar-refractivity contribution in [1.82, 2.24) is 10.2 Å². The van der Waals surface area contributed by atoms with E-state index in [4.69, 9.17) is 15.2 Å². The van der Waals surface area contributed by atoms with E-state index in [1.54, 1.807) is 36.1 Å². The van der Waals surface area contributed by atoms with Gasteiger partial charge in [-0.1, -0.05) is 12.1 Å². The number of hydrogen-bond donors (Lipinski definition) is 2. The number of amides is 3. The van der Waals surface area contributed by atoms with Crippen molar-refractivity contribution in [3.8, 4) is 0 Å². The van der Waals surface area contributed by atoms with Crippen LogP contribution in [0.3, 0.4) is 0 Å². The number of carbonyl (C=O) groups is 4. The number of nitrogens with zero attached hydrogens (tertiary/aromatic N) is 1. The minimum Gasteiger partial charge on any atom is -0.466 e. The normalized spacial score (nSPS) is 14.2. The van der Waals surface area contributed by atoms with E-state index in [9.17, 15) is 19.2 Å². The zero-order valence-electron chi connectivity index (χ0n) is 15.8. The molecule has 2 rings (SSSR count). The fraction of sp³-hybridized carbons (Fsp3) is 0.474. The van der Waals surface area contributed by atoms with Gasteiger partial charge in [0.25, 0.3) is 5.91 Å². The molecule has 152 valence electrons. The van der Waals surface area contributed by atoms with E-state index in [0.717, 1.165) is 5.56 Å². The van der Waals surface area contributed by atoms with E-state index in [1.807, 2.05) is 0 Å². The second-order valence-electron chi connectivity index (χ2n) is 6.40. The Kier molecular flexibility index (Phi) is 7.79. The van der Waals surface area contributed by atoms with Gasteiger partial charge in [-0.05, 0) is 37.5 Å². The molecule has 0 aliphatic carbocycles. The Bertz CT molecular complexity index is 711. The average Bonchev–Trinajstić information content (AvgIpc) is 2.71. The Labute approximate surface area is 163 Å². The number of primary amides is 1. The van der Waals surface area contributed by atoms with Gasteiger partial charge in [-0.25, -0.2) is 9.59 Å². The summed E-state index contributed by atoms with van der Waals surface area (Å²) < 4.78 is 10.1. The SMILES string of the molecule is CCOC(=O)C1CCN(C(=O)COC(=O)c2ccc(CNC(N)=O)cc2)CC1. The summed E-state index contributed by atoms with van der Waals surface area (Å²) in [5.41, 5.74) is 6.08. The van der Waals surface area contributed by atoms with Gasteiger partial charge in [0.05, 0.1) is 18.1 Å². The van der Waals surface area contributed by atoms with Crippen molar-refractivity contribution in [1.29, 1.82) is 0 Å². The first-order valence-corrected chi connectivity index (χ1v) is 9.14. The Hall–Kier alpha value is -3.10. The maximum Gasteiger partial charge on any atom is 0.338 e. The summed E-state index contributed by atoms with van der Waals surface area (Å²) in [4.78, 5) is 48.3. The lowest BCUT2D eigenvalue weighted by molar-refractivity contribution is -0.151. The van der Waals surface area contributed by atoms with Crippen LogP contribution in [0.1, 0.15) is 35.7 Å². The molecule has 3 amide bonds. The van der Waals surface area contributed by atoms with Crippen molar-refractivity contribution >= 4 is 23.9 Å². The number of likely N-dealkylation sites (tertiary alicyclic amines) is 1. The molecule has 9 heteroatoms. The molecule has 0 unspecified atom stereocenters. The number of nitrogens with one attached hydrogen (secondary N) is 1. The predicted molar refractivity (Wildman–Crippen MR) is 99.1 cm³/mol. The largest absolute Gasteiger partial charge is 0.466 e. The number of urea groups is 1. The maximum atomic E-state index is 12.2. The predicted octanol–water partition coefficient (Wildman–Crippen LogP) is 0.813. The van der Waals surface area contributed by atoms with Crippen LogP contribution in [0.2, 0.25) is 0 Å². The summed E-state index contributed by atoms with van der Waals surface area (Å²) in [6, 6.07) is 5.79. The number of ether oxygens (including phenoxy) is 2. The van der Waals surface area contributed by atoms with Gasteiger partial charge in [0, 0.05) is 19.6 Å². The molecule has 3 N–H and O–H groups in total. The molecular formula is C19H25N3O6. The minimum absolute atomic E-state index is 0.186. The van der Waals surface area contributed by atoms with Crippen LogP contribution in [0, 0.1) is 5.92 Å². The fourth-order valence-corrected chi connectivity index (χ4v) is 2.87. The highest BCUT2D eigenvalue weighted by Gasteiger charge is 2.28. The first-order chi connectivity index (χ1) is 13.4. The molecule has 1 aliphatic rings. The van der Waals surface area contributed by atoms with Crippen molar-refractivity contribution in [2.45, 2.75) is 26.3 Å². The summed E-state index contributed by atoms with van der Waals surface area (Å²) in [5, 5.41) is 2.45. The van der Waals surface area contributed by atoms with Crippen LogP contribution < -0.4 is 11.1 Å². The molecule has 28 heavy (non-hydrogen) atoms. The molecule has 0 spiro atoms. The lowest BCUT2D eigenvalue weighted by Crippen LogP contribution is -2.42. The van der Waals surface area contributed by atoms with Crippen LogP contribution in [0.25, 0.3) is 0 Å². The molecule has 1 aliphatic heterocycles. The summed E-state index contributed by atoms with van der Waals surface area (Å²) >= 11 is 0. The summed E-state index contributed by atoms with van der Waals surface area (Å²) in [6.07, 6.45) is 1.08. The third-order valence-corrected chi connectivity index (χ3v) is 4.45. The summed E-state index contributed by atoms with van der Waals surface area (Å²) in [5.74, 6) is -1.31. The molecule has 0 radical (unpaired) electrons. The van der Waals surface area contributed by atoms with Gasteiger partial charge >= 0.3 is 18.0 Å². The number of piperidine rings is 1.